The van der Waals surface area contributed by atoms with Crippen molar-refractivity contribution in [2.45, 2.75) is 26.3 Å². The van der Waals surface area contributed by atoms with Crippen LogP contribution in [0.4, 0.5) is 5.82 Å². The maximum absolute atomic E-state index is 6.16. The summed E-state index contributed by atoms with van der Waals surface area (Å²) >= 11 is 13.7. The third-order valence-corrected chi connectivity index (χ3v) is 4.30. The second-order valence-corrected chi connectivity index (χ2v) is 6.44. The summed E-state index contributed by atoms with van der Waals surface area (Å²) in [5, 5.41) is 0.544. The Morgan fingerprint density at radius 2 is 2.05 bits per heavy atom. The molecule has 0 aliphatic rings. The average molecular weight is 316 g/mol. The van der Waals surface area contributed by atoms with Crippen molar-refractivity contribution in [1.29, 1.82) is 0 Å². The van der Waals surface area contributed by atoms with Gasteiger partial charge in [-0.15, -0.1) is 11.3 Å². The lowest BCUT2D eigenvalue weighted by atomic mass is 10.2. The molecule has 0 unspecified atom stereocenters. The second-order valence-electron chi connectivity index (χ2n) is 4.28. The van der Waals surface area contributed by atoms with Crippen LogP contribution in [0.15, 0.2) is 18.5 Å². The fraction of sp³-hybridized carbons (Fsp3) is 0.385. The number of aromatic nitrogens is 2. The summed E-state index contributed by atoms with van der Waals surface area (Å²) in [6.45, 7) is 2.88. The van der Waals surface area contributed by atoms with E-state index in [1.165, 1.54) is 11.2 Å². The van der Waals surface area contributed by atoms with E-state index < -0.39 is 0 Å². The zero-order valence-corrected chi connectivity index (χ0v) is 13.2. The van der Waals surface area contributed by atoms with Crippen molar-refractivity contribution in [2.75, 3.05) is 11.9 Å². The van der Waals surface area contributed by atoms with Gasteiger partial charge in [0.2, 0.25) is 0 Å². The Hall–Kier alpha value is -0.840. The number of hydrogen-bond donors (Lipinski definition) is 0. The lowest BCUT2D eigenvalue weighted by molar-refractivity contribution is 0.848. The van der Waals surface area contributed by atoms with E-state index >= 15 is 0 Å². The molecule has 0 amide bonds. The van der Waals surface area contributed by atoms with E-state index in [2.05, 4.69) is 21.8 Å². The van der Waals surface area contributed by atoms with Crippen LogP contribution < -0.4 is 4.90 Å². The first-order valence-corrected chi connectivity index (χ1v) is 7.63. The number of nitrogens with zero attached hydrogens (tertiary/aromatic N) is 3. The molecule has 0 aliphatic carbocycles. The normalized spacial score (nSPS) is 10.7. The first-order chi connectivity index (χ1) is 9.11. The predicted octanol–water partition coefficient (Wildman–Crippen LogP) is 4.43. The van der Waals surface area contributed by atoms with Gasteiger partial charge in [-0.3, -0.25) is 0 Å². The zero-order chi connectivity index (χ0) is 13.8. The van der Waals surface area contributed by atoms with Crippen molar-refractivity contribution >= 4 is 40.4 Å². The van der Waals surface area contributed by atoms with Gasteiger partial charge in [0.15, 0.2) is 0 Å². The molecule has 0 spiro atoms. The number of rotatable bonds is 5. The summed E-state index contributed by atoms with van der Waals surface area (Å²) in [5.41, 5.74) is 1.01. The molecule has 3 nitrogen and oxygen atoms in total. The summed E-state index contributed by atoms with van der Waals surface area (Å²) in [5.74, 6) is 0.895. The number of halogens is 2. The standard InChI is InChI=1S/C13H15Cl2N3S/c1-3-4-10-12(15)16-8-17-13(10)18(2)7-9-5-6-11(14)19-9/h5-6,8H,3-4,7H2,1-2H3. The summed E-state index contributed by atoms with van der Waals surface area (Å²) in [4.78, 5) is 11.7. The van der Waals surface area contributed by atoms with Gasteiger partial charge >= 0.3 is 0 Å². The molecular formula is C13H15Cl2N3S. The molecule has 19 heavy (non-hydrogen) atoms. The molecule has 0 aromatic carbocycles. The summed E-state index contributed by atoms with van der Waals surface area (Å²) in [7, 11) is 2.01. The van der Waals surface area contributed by atoms with Gasteiger partial charge in [0.25, 0.3) is 0 Å². The number of hydrogen-bond acceptors (Lipinski definition) is 4. The Kier molecular flexibility index (Phi) is 5.02. The van der Waals surface area contributed by atoms with Crippen LogP contribution in [0, 0.1) is 0 Å². The van der Waals surface area contributed by atoms with Crippen molar-refractivity contribution in [1.82, 2.24) is 9.97 Å². The van der Waals surface area contributed by atoms with Crippen LogP contribution in [-0.2, 0) is 13.0 Å². The van der Waals surface area contributed by atoms with Crippen LogP contribution in [0.3, 0.4) is 0 Å². The molecule has 0 radical (unpaired) electrons. The number of anilines is 1. The summed E-state index contributed by atoms with van der Waals surface area (Å²) in [6.07, 6.45) is 3.40. The molecular weight excluding hydrogens is 301 g/mol. The van der Waals surface area contributed by atoms with Gasteiger partial charge in [-0.05, 0) is 18.6 Å². The van der Waals surface area contributed by atoms with Crippen LogP contribution in [-0.4, -0.2) is 17.0 Å². The van der Waals surface area contributed by atoms with Crippen LogP contribution in [0.1, 0.15) is 23.8 Å². The third-order valence-electron chi connectivity index (χ3n) is 2.75. The maximum Gasteiger partial charge on any atom is 0.137 e. The van der Waals surface area contributed by atoms with Crippen LogP contribution >= 0.6 is 34.5 Å². The average Bonchev–Trinajstić information content (AvgIpc) is 2.77. The molecule has 6 heteroatoms. The summed E-state index contributed by atoms with van der Waals surface area (Å²) in [6, 6.07) is 3.95. The van der Waals surface area contributed by atoms with Crippen molar-refractivity contribution in [3.05, 3.63) is 38.4 Å². The molecule has 0 aliphatic heterocycles. The highest BCUT2D eigenvalue weighted by Gasteiger charge is 2.14. The van der Waals surface area contributed by atoms with Gasteiger partial charge in [-0.2, -0.15) is 0 Å². The SMILES string of the molecule is CCCc1c(Cl)ncnc1N(C)Cc1ccc(Cl)s1. The second kappa shape index (κ2) is 6.55. The molecule has 2 rings (SSSR count). The van der Waals surface area contributed by atoms with Crippen molar-refractivity contribution < 1.29 is 0 Å². The first-order valence-electron chi connectivity index (χ1n) is 6.06. The minimum absolute atomic E-state index is 0.544. The van der Waals surface area contributed by atoms with Gasteiger partial charge in [-0.25, -0.2) is 9.97 Å². The molecule has 0 saturated carbocycles. The van der Waals surface area contributed by atoms with E-state index in [1.807, 2.05) is 19.2 Å². The van der Waals surface area contributed by atoms with Crippen molar-refractivity contribution in [3.63, 3.8) is 0 Å². The fourth-order valence-corrected chi connectivity index (χ4v) is 3.29. The molecule has 2 aromatic heterocycles. The predicted molar refractivity (Wildman–Crippen MR) is 82.5 cm³/mol. The minimum Gasteiger partial charge on any atom is -0.354 e. The highest BCUT2D eigenvalue weighted by Crippen LogP contribution is 2.27. The van der Waals surface area contributed by atoms with E-state index in [4.69, 9.17) is 23.2 Å². The van der Waals surface area contributed by atoms with Gasteiger partial charge in [0.05, 0.1) is 10.9 Å². The fourth-order valence-electron chi connectivity index (χ4n) is 1.92. The molecule has 0 saturated heterocycles. The Balaban J connectivity index is 2.23. The highest BCUT2D eigenvalue weighted by atomic mass is 35.5. The summed E-state index contributed by atoms with van der Waals surface area (Å²) < 4.78 is 0.804. The van der Waals surface area contributed by atoms with E-state index in [0.717, 1.165) is 35.1 Å². The lowest BCUT2D eigenvalue weighted by Crippen LogP contribution is -2.19. The Morgan fingerprint density at radius 1 is 1.26 bits per heavy atom. The van der Waals surface area contributed by atoms with Crippen LogP contribution in [0.5, 0.6) is 0 Å². The lowest BCUT2D eigenvalue weighted by Gasteiger charge is -2.20. The molecule has 0 fully saturated rings. The first kappa shape index (κ1) is 14.6. The van der Waals surface area contributed by atoms with Gasteiger partial charge in [0.1, 0.15) is 17.3 Å². The highest BCUT2D eigenvalue weighted by molar-refractivity contribution is 7.16. The zero-order valence-electron chi connectivity index (χ0n) is 10.9. The van der Waals surface area contributed by atoms with Crippen LogP contribution in [0.25, 0.3) is 0 Å². The van der Waals surface area contributed by atoms with Crippen molar-refractivity contribution in [2.24, 2.45) is 0 Å². The quantitative estimate of drug-likeness (QED) is 0.764. The van der Waals surface area contributed by atoms with Crippen molar-refractivity contribution in [3.8, 4) is 0 Å². The molecule has 0 atom stereocenters. The molecule has 102 valence electrons. The molecule has 0 bridgehead atoms. The van der Waals surface area contributed by atoms with Gasteiger partial charge in [-0.1, -0.05) is 36.5 Å². The van der Waals surface area contributed by atoms with Gasteiger partial charge < -0.3 is 4.90 Å². The third kappa shape index (κ3) is 3.59. The Labute approximate surface area is 127 Å². The molecule has 0 N–H and O–H groups in total. The minimum atomic E-state index is 0.544. The molecule has 2 heterocycles. The Bertz CT molecular complexity index is 557. The monoisotopic (exact) mass is 315 g/mol. The van der Waals surface area contributed by atoms with Gasteiger partial charge in [0, 0.05) is 17.5 Å². The van der Waals surface area contributed by atoms with E-state index in [0.29, 0.717) is 5.15 Å². The smallest absolute Gasteiger partial charge is 0.137 e. The van der Waals surface area contributed by atoms with E-state index in [9.17, 15) is 0 Å². The maximum atomic E-state index is 6.16. The van der Waals surface area contributed by atoms with E-state index in [1.54, 1.807) is 11.3 Å². The number of thiophene rings is 1. The van der Waals surface area contributed by atoms with Crippen LogP contribution in [0.2, 0.25) is 9.49 Å². The topological polar surface area (TPSA) is 29.0 Å². The largest absolute Gasteiger partial charge is 0.354 e. The molecule has 2 aromatic rings. The van der Waals surface area contributed by atoms with E-state index in [-0.39, 0.29) is 0 Å². The Morgan fingerprint density at radius 3 is 2.68 bits per heavy atom.